The van der Waals surface area contributed by atoms with Crippen LogP contribution in [0.25, 0.3) is 0 Å². The molecule has 0 saturated carbocycles. The number of rotatable bonds is 4. The van der Waals surface area contributed by atoms with E-state index in [0.717, 1.165) is 5.69 Å². The van der Waals surface area contributed by atoms with E-state index in [-0.39, 0.29) is 5.69 Å². The molecule has 17 heavy (non-hydrogen) atoms. The zero-order valence-corrected chi connectivity index (χ0v) is 10.2. The number of aromatic nitrogens is 1. The molecule has 5 nitrogen and oxygen atoms in total. The van der Waals surface area contributed by atoms with Crippen LogP contribution in [0.4, 0.5) is 11.4 Å². The second kappa shape index (κ2) is 5.11. The zero-order chi connectivity index (χ0) is 12.3. The molecule has 1 heterocycles. The number of anilines is 1. The van der Waals surface area contributed by atoms with Gasteiger partial charge in [-0.2, -0.15) is 0 Å². The Balaban J connectivity index is 2.14. The Kier molecular flexibility index (Phi) is 3.55. The monoisotopic (exact) mass is 269 g/mol. The number of halogens is 1. The third-order valence-corrected chi connectivity index (χ3v) is 3.07. The highest BCUT2D eigenvalue weighted by Gasteiger charge is 2.09. The molecule has 0 radical (unpaired) electrons. The van der Waals surface area contributed by atoms with Crippen molar-refractivity contribution in [3.63, 3.8) is 0 Å². The van der Waals surface area contributed by atoms with Gasteiger partial charge in [-0.3, -0.25) is 10.1 Å². The lowest BCUT2D eigenvalue weighted by molar-refractivity contribution is -0.384. The van der Waals surface area contributed by atoms with E-state index in [4.69, 9.17) is 11.6 Å². The first-order valence-corrected chi connectivity index (χ1v) is 6.04. The van der Waals surface area contributed by atoms with E-state index < -0.39 is 4.92 Å². The number of thiazole rings is 1. The lowest BCUT2D eigenvalue weighted by Gasteiger charge is -2.06. The normalized spacial score (nSPS) is 10.2. The van der Waals surface area contributed by atoms with Crippen LogP contribution in [0.1, 0.15) is 5.69 Å². The fourth-order valence-corrected chi connectivity index (χ4v) is 2.02. The molecule has 0 saturated heterocycles. The van der Waals surface area contributed by atoms with Gasteiger partial charge < -0.3 is 5.32 Å². The summed E-state index contributed by atoms with van der Waals surface area (Å²) in [5, 5.41) is 16.0. The lowest BCUT2D eigenvalue weighted by Crippen LogP contribution is -2.00. The number of non-ortho nitro benzene ring substituents is 1. The first kappa shape index (κ1) is 11.8. The Morgan fingerprint density at radius 3 is 3.00 bits per heavy atom. The number of nitro groups is 1. The number of nitrogens with one attached hydrogen (secondary N) is 1. The number of nitro benzene ring substituents is 1. The Morgan fingerprint density at radius 1 is 1.53 bits per heavy atom. The van der Waals surface area contributed by atoms with Crippen molar-refractivity contribution in [2.45, 2.75) is 6.54 Å². The summed E-state index contributed by atoms with van der Waals surface area (Å²) < 4.78 is 0. The molecule has 1 aromatic carbocycles. The van der Waals surface area contributed by atoms with E-state index in [2.05, 4.69) is 10.3 Å². The summed E-state index contributed by atoms with van der Waals surface area (Å²) in [6.45, 7) is 0.490. The van der Waals surface area contributed by atoms with Gasteiger partial charge in [-0.25, -0.2) is 4.98 Å². The summed E-state index contributed by atoms with van der Waals surface area (Å²) in [6.07, 6.45) is 0. The summed E-state index contributed by atoms with van der Waals surface area (Å²) in [5.41, 5.74) is 3.15. The Hall–Kier alpha value is -1.66. The molecule has 0 spiro atoms. The lowest BCUT2D eigenvalue weighted by atomic mass is 10.2. The van der Waals surface area contributed by atoms with Gasteiger partial charge in [0, 0.05) is 17.5 Å². The molecule has 0 aliphatic rings. The summed E-state index contributed by atoms with van der Waals surface area (Å²) >= 11 is 7.43. The Labute approximate surface area is 106 Å². The molecule has 0 amide bonds. The topological polar surface area (TPSA) is 68.1 Å². The number of nitrogens with zero attached hydrogens (tertiary/aromatic N) is 2. The summed E-state index contributed by atoms with van der Waals surface area (Å²) in [7, 11) is 0. The van der Waals surface area contributed by atoms with Gasteiger partial charge in [0.2, 0.25) is 0 Å². The fraction of sp³-hybridized carbons (Fsp3) is 0.100. The third-order valence-electron chi connectivity index (χ3n) is 2.10. The van der Waals surface area contributed by atoms with Gasteiger partial charge in [0.1, 0.15) is 0 Å². The van der Waals surface area contributed by atoms with Crippen molar-refractivity contribution in [2.75, 3.05) is 5.32 Å². The van der Waals surface area contributed by atoms with Crippen LogP contribution < -0.4 is 5.32 Å². The van der Waals surface area contributed by atoms with Crippen LogP contribution in [0.3, 0.4) is 0 Å². The average molecular weight is 270 g/mol. The molecule has 0 aliphatic carbocycles. The number of hydrogen-bond donors (Lipinski definition) is 1. The van der Waals surface area contributed by atoms with E-state index in [1.807, 2.05) is 5.38 Å². The number of benzene rings is 1. The standard InChI is InChI=1S/C10H8ClN3O2S/c11-9-2-1-8(14(15)16)3-10(9)12-4-7-5-17-6-13-7/h1-3,5-6,12H,4H2. The van der Waals surface area contributed by atoms with Gasteiger partial charge in [-0.15, -0.1) is 11.3 Å². The van der Waals surface area contributed by atoms with Crippen molar-refractivity contribution in [1.29, 1.82) is 0 Å². The highest BCUT2D eigenvalue weighted by Crippen LogP contribution is 2.26. The van der Waals surface area contributed by atoms with Crippen molar-refractivity contribution in [3.8, 4) is 0 Å². The summed E-state index contributed by atoms with van der Waals surface area (Å²) in [6, 6.07) is 4.29. The molecule has 7 heteroatoms. The van der Waals surface area contributed by atoms with Gasteiger partial charge >= 0.3 is 0 Å². The highest BCUT2D eigenvalue weighted by molar-refractivity contribution is 7.07. The predicted molar refractivity (Wildman–Crippen MR) is 67.5 cm³/mol. The molecule has 1 N–H and O–H groups in total. The SMILES string of the molecule is O=[N+]([O-])c1ccc(Cl)c(NCc2cscn2)c1. The fourth-order valence-electron chi connectivity index (χ4n) is 1.27. The smallest absolute Gasteiger partial charge is 0.271 e. The summed E-state index contributed by atoms with van der Waals surface area (Å²) in [4.78, 5) is 14.3. The molecule has 88 valence electrons. The molecule has 0 unspecified atom stereocenters. The molecule has 1 aromatic heterocycles. The minimum atomic E-state index is -0.454. The van der Waals surface area contributed by atoms with Crippen molar-refractivity contribution >= 4 is 34.3 Å². The Bertz CT molecular complexity index is 530. The van der Waals surface area contributed by atoms with Gasteiger partial charge in [-0.1, -0.05) is 11.6 Å². The van der Waals surface area contributed by atoms with Crippen LogP contribution in [-0.2, 0) is 6.54 Å². The largest absolute Gasteiger partial charge is 0.378 e. The Morgan fingerprint density at radius 2 is 2.35 bits per heavy atom. The van der Waals surface area contributed by atoms with Crippen LogP contribution >= 0.6 is 22.9 Å². The van der Waals surface area contributed by atoms with Gasteiger partial charge in [0.05, 0.1) is 33.4 Å². The van der Waals surface area contributed by atoms with E-state index in [9.17, 15) is 10.1 Å². The molecule has 2 aromatic rings. The van der Waals surface area contributed by atoms with Crippen molar-refractivity contribution < 1.29 is 4.92 Å². The minimum absolute atomic E-state index is 0.00942. The summed E-state index contributed by atoms with van der Waals surface area (Å²) in [5.74, 6) is 0. The van der Waals surface area contributed by atoms with E-state index >= 15 is 0 Å². The van der Waals surface area contributed by atoms with Crippen LogP contribution in [0, 0.1) is 10.1 Å². The van der Waals surface area contributed by atoms with Gasteiger partial charge in [0.25, 0.3) is 5.69 Å². The van der Waals surface area contributed by atoms with Crippen LogP contribution in [0.15, 0.2) is 29.1 Å². The van der Waals surface area contributed by atoms with E-state index in [1.54, 1.807) is 5.51 Å². The van der Waals surface area contributed by atoms with Gasteiger partial charge in [0.15, 0.2) is 0 Å². The molecular weight excluding hydrogens is 262 g/mol. The van der Waals surface area contributed by atoms with E-state index in [0.29, 0.717) is 17.3 Å². The van der Waals surface area contributed by atoms with E-state index in [1.165, 1.54) is 29.5 Å². The van der Waals surface area contributed by atoms with Crippen LogP contribution in [0.5, 0.6) is 0 Å². The predicted octanol–water partition coefficient (Wildman–Crippen LogP) is 3.32. The maximum atomic E-state index is 10.6. The molecular formula is C10H8ClN3O2S. The first-order valence-electron chi connectivity index (χ1n) is 4.71. The minimum Gasteiger partial charge on any atom is -0.378 e. The second-order valence-electron chi connectivity index (χ2n) is 3.25. The molecule has 0 bridgehead atoms. The molecule has 0 aliphatic heterocycles. The molecule has 2 rings (SSSR count). The highest BCUT2D eigenvalue weighted by atomic mass is 35.5. The maximum Gasteiger partial charge on any atom is 0.271 e. The second-order valence-corrected chi connectivity index (χ2v) is 4.38. The quantitative estimate of drug-likeness (QED) is 0.683. The molecule has 0 atom stereocenters. The third kappa shape index (κ3) is 2.92. The maximum absolute atomic E-state index is 10.6. The first-order chi connectivity index (χ1) is 8.16. The van der Waals surface area contributed by atoms with Crippen molar-refractivity contribution in [2.24, 2.45) is 0 Å². The molecule has 0 fully saturated rings. The van der Waals surface area contributed by atoms with Crippen molar-refractivity contribution in [3.05, 3.63) is 49.9 Å². The average Bonchev–Trinajstić information content (AvgIpc) is 2.80. The van der Waals surface area contributed by atoms with Crippen LogP contribution in [-0.4, -0.2) is 9.91 Å². The number of hydrogen-bond acceptors (Lipinski definition) is 5. The van der Waals surface area contributed by atoms with Crippen LogP contribution in [0.2, 0.25) is 5.02 Å². The van der Waals surface area contributed by atoms with Gasteiger partial charge in [-0.05, 0) is 6.07 Å². The zero-order valence-electron chi connectivity index (χ0n) is 8.59. The van der Waals surface area contributed by atoms with Crippen molar-refractivity contribution in [1.82, 2.24) is 4.98 Å².